The number of hydrogen-bond acceptors (Lipinski definition) is 2. The highest BCUT2D eigenvalue weighted by Gasteiger charge is 2.47. The molecule has 0 aliphatic heterocycles. The van der Waals surface area contributed by atoms with Gasteiger partial charge in [-0.25, -0.2) is 4.57 Å². The van der Waals surface area contributed by atoms with Crippen LogP contribution in [0.5, 0.6) is 0 Å². The molecule has 5 heteroatoms. The number of benzene rings is 2. The summed E-state index contributed by atoms with van der Waals surface area (Å²) in [4.78, 5) is 20.0. The Morgan fingerprint density at radius 2 is 1.24 bits per heavy atom. The van der Waals surface area contributed by atoms with E-state index >= 15 is 0 Å². The summed E-state index contributed by atoms with van der Waals surface area (Å²) in [6, 6.07) is 12.1. The Kier molecular flexibility index (Phi) is 7.51. The molecule has 0 saturated carbocycles. The number of phosphoric acid groups is 1. The molecular formula is C24H35O4P. The van der Waals surface area contributed by atoms with Crippen molar-refractivity contribution in [1.29, 1.82) is 0 Å². The number of aryl methyl sites for hydroxylation is 4. The second-order valence-corrected chi connectivity index (χ2v) is 9.97. The van der Waals surface area contributed by atoms with Gasteiger partial charge in [-0.1, -0.05) is 79.4 Å². The van der Waals surface area contributed by atoms with Gasteiger partial charge in [-0.2, -0.15) is 0 Å². The minimum Gasteiger partial charge on any atom is -0.303 e. The van der Waals surface area contributed by atoms with Crippen LogP contribution in [0, 0.1) is 39.5 Å². The minimum atomic E-state index is -4.79. The van der Waals surface area contributed by atoms with Gasteiger partial charge in [0.1, 0.15) is 5.60 Å². The van der Waals surface area contributed by atoms with Crippen molar-refractivity contribution in [1.82, 2.24) is 0 Å². The average molecular weight is 419 g/mol. The first-order chi connectivity index (χ1) is 13.4. The van der Waals surface area contributed by atoms with E-state index in [0.717, 1.165) is 46.2 Å². The largest absolute Gasteiger partial charge is 0.470 e. The summed E-state index contributed by atoms with van der Waals surface area (Å²) in [6.07, 6.45) is 1.52. The van der Waals surface area contributed by atoms with Gasteiger partial charge in [-0.3, -0.25) is 4.52 Å². The van der Waals surface area contributed by atoms with Gasteiger partial charge in [0.15, 0.2) is 0 Å². The molecule has 0 fully saturated rings. The predicted molar refractivity (Wildman–Crippen MR) is 119 cm³/mol. The van der Waals surface area contributed by atoms with E-state index in [9.17, 15) is 14.4 Å². The van der Waals surface area contributed by atoms with Gasteiger partial charge in [0.25, 0.3) is 0 Å². The molecule has 0 aliphatic rings. The van der Waals surface area contributed by atoms with Crippen LogP contribution in [0.15, 0.2) is 36.4 Å². The van der Waals surface area contributed by atoms with Crippen LogP contribution in [0.2, 0.25) is 0 Å². The van der Waals surface area contributed by atoms with Crippen molar-refractivity contribution in [3.63, 3.8) is 0 Å². The zero-order valence-electron chi connectivity index (χ0n) is 18.7. The molecule has 1 atom stereocenters. The normalized spacial score (nSPS) is 13.7. The Labute approximate surface area is 175 Å². The Morgan fingerprint density at radius 1 is 0.862 bits per heavy atom. The molecule has 2 aromatic rings. The fraction of sp³-hybridized carbons (Fsp3) is 0.500. The molecule has 0 aromatic heterocycles. The van der Waals surface area contributed by atoms with Crippen molar-refractivity contribution in [2.24, 2.45) is 11.8 Å². The summed E-state index contributed by atoms with van der Waals surface area (Å²) < 4.78 is 18.1. The summed E-state index contributed by atoms with van der Waals surface area (Å²) in [5, 5.41) is 0. The quantitative estimate of drug-likeness (QED) is 0.491. The maximum absolute atomic E-state index is 12.3. The lowest BCUT2D eigenvalue weighted by molar-refractivity contribution is 0.00308. The summed E-state index contributed by atoms with van der Waals surface area (Å²) in [5.41, 5.74) is 4.55. The van der Waals surface area contributed by atoms with Gasteiger partial charge in [-0.15, -0.1) is 0 Å². The second kappa shape index (κ2) is 9.14. The van der Waals surface area contributed by atoms with Crippen molar-refractivity contribution in [3.8, 4) is 0 Å². The van der Waals surface area contributed by atoms with Crippen LogP contribution in [0.1, 0.15) is 67.0 Å². The molecule has 29 heavy (non-hydrogen) atoms. The van der Waals surface area contributed by atoms with Gasteiger partial charge < -0.3 is 9.79 Å². The number of rotatable bonds is 8. The molecule has 0 saturated heterocycles. The molecule has 0 amide bonds. The lowest BCUT2D eigenvalue weighted by atomic mass is 9.71. The smallest absolute Gasteiger partial charge is 0.303 e. The topological polar surface area (TPSA) is 66.8 Å². The predicted octanol–water partition coefficient (Wildman–Crippen LogP) is 6.35. The van der Waals surface area contributed by atoms with Crippen molar-refractivity contribution < 1.29 is 18.9 Å². The lowest BCUT2D eigenvalue weighted by Gasteiger charge is -2.42. The lowest BCUT2D eigenvalue weighted by Crippen LogP contribution is -2.39. The van der Waals surface area contributed by atoms with Crippen molar-refractivity contribution in [2.75, 3.05) is 0 Å². The third-order valence-electron chi connectivity index (χ3n) is 5.39. The molecule has 0 radical (unpaired) electrons. The Bertz CT molecular complexity index is 806. The molecule has 0 bridgehead atoms. The molecule has 160 valence electrons. The van der Waals surface area contributed by atoms with E-state index < -0.39 is 13.4 Å². The van der Waals surface area contributed by atoms with Crippen molar-refractivity contribution in [2.45, 2.75) is 66.9 Å². The van der Waals surface area contributed by atoms with Crippen LogP contribution in [0.4, 0.5) is 0 Å². The van der Waals surface area contributed by atoms with Gasteiger partial charge in [0.2, 0.25) is 0 Å². The van der Waals surface area contributed by atoms with E-state index in [1.165, 1.54) is 0 Å². The van der Waals surface area contributed by atoms with E-state index in [2.05, 4.69) is 32.9 Å². The Hall–Kier alpha value is -1.45. The van der Waals surface area contributed by atoms with E-state index in [0.29, 0.717) is 5.92 Å². The molecule has 4 nitrogen and oxygen atoms in total. The summed E-state index contributed by atoms with van der Waals surface area (Å²) in [6.45, 7) is 14.3. The maximum Gasteiger partial charge on any atom is 0.470 e. The van der Waals surface area contributed by atoms with Crippen LogP contribution in [0.25, 0.3) is 0 Å². The number of hydrogen-bond donors (Lipinski definition) is 2. The average Bonchev–Trinajstić information content (AvgIpc) is 2.54. The fourth-order valence-corrected chi connectivity index (χ4v) is 5.31. The standard InChI is InChI=1S/C24H35O4P/c1-8-21(9-16(2)3)24(28-29(25,26)27,22-12-17(4)10-18(5)13-22)23-14-19(6)11-20(7)15-23/h10-16,21H,8-9H2,1-7H3,(H2,25,26,27). The molecule has 0 spiro atoms. The van der Waals surface area contributed by atoms with Crippen LogP contribution in [-0.4, -0.2) is 9.79 Å². The molecular weight excluding hydrogens is 383 g/mol. The fourth-order valence-electron chi connectivity index (χ4n) is 4.57. The summed E-state index contributed by atoms with van der Waals surface area (Å²) in [7, 11) is -4.79. The first-order valence-electron chi connectivity index (χ1n) is 10.3. The first kappa shape index (κ1) is 23.8. The third-order valence-corrected chi connectivity index (χ3v) is 5.91. The van der Waals surface area contributed by atoms with E-state index in [1.54, 1.807) is 0 Å². The van der Waals surface area contributed by atoms with E-state index in [1.807, 2.05) is 52.0 Å². The Morgan fingerprint density at radius 3 is 1.52 bits per heavy atom. The van der Waals surface area contributed by atoms with Crippen LogP contribution in [0.3, 0.4) is 0 Å². The maximum atomic E-state index is 12.3. The van der Waals surface area contributed by atoms with Crippen LogP contribution in [-0.2, 0) is 14.7 Å². The first-order valence-corrected chi connectivity index (χ1v) is 11.8. The summed E-state index contributed by atoms with van der Waals surface area (Å²) in [5.74, 6) is 0.258. The van der Waals surface area contributed by atoms with Gasteiger partial charge in [0.05, 0.1) is 0 Å². The van der Waals surface area contributed by atoms with Crippen molar-refractivity contribution in [3.05, 3.63) is 69.8 Å². The van der Waals surface area contributed by atoms with Crippen LogP contribution >= 0.6 is 7.82 Å². The highest BCUT2D eigenvalue weighted by molar-refractivity contribution is 7.46. The molecule has 2 N–H and O–H groups in total. The van der Waals surface area contributed by atoms with Gasteiger partial charge in [0, 0.05) is 0 Å². The van der Waals surface area contributed by atoms with Gasteiger partial charge >= 0.3 is 7.82 Å². The van der Waals surface area contributed by atoms with E-state index in [-0.39, 0.29) is 5.92 Å². The Balaban J connectivity index is 2.95. The SMILES string of the molecule is CCC(CC(C)C)C(OP(=O)(O)O)(c1cc(C)cc(C)c1)c1cc(C)cc(C)c1. The summed E-state index contributed by atoms with van der Waals surface area (Å²) >= 11 is 0. The highest BCUT2D eigenvalue weighted by Crippen LogP contribution is 2.54. The molecule has 0 aliphatic carbocycles. The second-order valence-electron chi connectivity index (χ2n) is 8.81. The molecule has 2 rings (SSSR count). The monoisotopic (exact) mass is 418 g/mol. The third kappa shape index (κ3) is 5.79. The zero-order chi connectivity index (χ0) is 22.0. The van der Waals surface area contributed by atoms with Crippen LogP contribution < -0.4 is 0 Å². The molecule has 2 aromatic carbocycles. The van der Waals surface area contributed by atoms with Gasteiger partial charge in [-0.05, 0) is 63.5 Å². The van der Waals surface area contributed by atoms with Crippen molar-refractivity contribution >= 4 is 7.82 Å². The minimum absolute atomic E-state index is 0.0995. The zero-order valence-corrected chi connectivity index (χ0v) is 19.6. The molecule has 0 heterocycles. The van der Waals surface area contributed by atoms with E-state index in [4.69, 9.17) is 4.52 Å². The highest BCUT2D eigenvalue weighted by atomic mass is 31.2. The molecule has 1 unspecified atom stereocenters. The number of phosphoric ester groups is 1.